The van der Waals surface area contributed by atoms with Crippen molar-refractivity contribution in [3.8, 4) is 0 Å². The molecule has 100 valence electrons. The second-order valence-corrected chi connectivity index (χ2v) is 5.62. The van der Waals surface area contributed by atoms with Gasteiger partial charge in [0.2, 0.25) is 5.91 Å². The van der Waals surface area contributed by atoms with Crippen LogP contribution in [0.4, 0.5) is 0 Å². The second-order valence-electron chi connectivity index (χ2n) is 5.62. The minimum absolute atomic E-state index is 0.166. The molecule has 3 rings (SSSR count). The number of hydrogen-bond acceptors (Lipinski definition) is 2. The lowest BCUT2D eigenvalue weighted by atomic mass is 9.83. The van der Waals surface area contributed by atoms with Gasteiger partial charge in [0.1, 0.15) is 5.54 Å². The average molecular weight is 257 g/mol. The van der Waals surface area contributed by atoms with E-state index in [9.17, 15) is 9.59 Å². The van der Waals surface area contributed by atoms with E-state index in [0.29, 0.717) is 25.7 Å². The molecule has 0 aliphatic carbocycles. The highest BCUT2D eigenvalue weighted by Gasteiger charge is 2.49. The highest BCUT2D eigenvalue weighted by atomic mass is 16.2. The maximum atomic E-state index is 12.6. The van der Waals surface area contributed by atoms with Crippen LogP contribution in [-0.2, 0) is 16.0 Å². The van der Waals surface area contributed by atoms with Crippen molar-refractivity contribution >= 4 is 11.7 Å². The number of benzene rings is 1. The van der Waals surface area contributed by atoms with E-state index in [4.69, 9.17) is 0 Å². The topological polar surface area (TPSA) is 37.4 Å². The van der Waals surface area contributed by atoms with Crippen molar-refractivity contribution in [3.05, 3.63) is 35.9 Å². The third kappa shape index (κ3) is 2.07. The summed E-state index contributed by atoms with van der Waals surface area (Å²) in [6.07, 6.45) is 4.25. The molecule has 0 saturated carbocycles. The standard InChI is InChI=1S/C16H19NO2/c18-14-8-4-9-15(19)17-11-5-10-16(14,17)12-13-6-2-1-3-7-13/h1-3,6-7H,4-5,8-12H2. The number of carbonyl (C=O) groups excluding carboxylic acids is 2. The Balaban J connectivity index is 1.97. The fraction of sp³-hybridized carbons (Fsp3) is 0.500. The van der Waals surface area contributed by atoms with Gasteiger partial charge in [0.25, 0.3) is 0 Å². The van der Waals surface area contributed by atoms with Gasteiger partial charge in [-0.1, -0.05) is 30.3 Å². The van der Waals surface area contributed by atoms with Gasteiger partial charge >= 0.3 is 0 Å². The van der Waals surface area contributed by atoms with Crippen LogP contribution < -0.4 is 0 Å². The number of rotatable bonds is 2. The molecule has 0 radical (unpaired) electrons. The first kappa shape index (κ1) is 12.4. The van der Waals surface area contributed by atoms with Crippen molar-refractivity contribution in [3.63, 3.8) is 0 Å². The monoisotopic (exact) mass is 257 g/mol. The molecule has 1 aromatic carbocycles. The Morgan fingerprint density at radius 2 is 1.84 bits per heavy atom. The van der Waals surface area contributed by atoms with Crippen LogP contribution >= 0.6 is 0 Å². The van der Waals surface area contributed by atoms with Gasteiger partial charge < -0.3 is 4.90 Å². The van der Waals surface area contributed by atoms with Gasteiger partial charge in [-0.05, 0) is 24.8 Å². The van der Waals surface area contributed by atoms with E-state index < -0.39 is 5.54 Å². The lowest BCUT2D eigenvalue weighted by molar-refractivity contribution is -0.141. The van der Waals surface area contributed by atoms with E-state index in [-0.39, 0.29) is 11.7 Å². The van der Waals surface area contributed by atoms with Gasteiger partial charge in [-0.15, -0.1) is 0 Å². The number of hydrogen-bond donors (Lipinski definition) is 0. The molecule has 0 spiro atoms. The van der Waals surface area contributed by atoms with E-state index in [2.05, 4.69) is 0 Å². The summed E-state index contributed by atoms with van der Waals surface area (Å²) in [5.41, 5.74) is 0.604. The molecule has 1 unspecified atom stereocenters. The third-order valence-corrected chi connectivity index (χ3v) is 4.44. The molecular weight excluding hydrogens is 238 g/mol. The first-order valence-corrected chi connectivity index (χ1v) is 7.10. The Labute approximate surface area is 113 Å². The molecule has 3 heteroatoms. The molecule has 19 heavy (non-hydrogen) atoms. The molecule has 2 saturated heterocycles. The smallest absolute Gasteiger partial charge is 0.223 e. The van der Waals surface area contributed by atoms with E-state index in [1.54, 1.807) is 0 Å². The van der Waals surface area contributed by atoms with Crippen molar-refractivity contribution in [2.24, 2.45) is 0 Å². The maximum Gasteiger partial charge on any atom is 0.223 e. The lowest BCUT2D eigenvalue weighted by Crippen LogP contribution is -2.53. The first-order chi connectivity index (χ1) is 9.22. The summed E-state index contributed by atoms with van der Waals surface area (Å²) in [4.78, 5) is 26.7. The second kappa shape index (κ2) is 4.80. The highest BCUT2D eigenvalue weighted by Crippen LogP contribution is 2.37. The zero-order valence-corrected chi connectivity index (χ0v) is 11.1. The predicted octanol–water partition coefficient (Wildman–Crippen LogP) is 2.34. The fourth-order valence-corrected chi connectivity index (χ4v) is 3.52. The van der Waals surface area contributed by atoms with Crippen LogP contribution in [0.3, 0.4) is 0 Å². The summed E-state index contributed by atoms with van der Waals surface area (Å²) >= 11 is 0. The molecule has 2 aliphatic rings. The normalized spacial score (nSPS) is 27.3. The third-order valence-electron chi connectivity index (χ3n) is 4.44. The molecule has 0 bridgehead atoms. The van der Waals surface area contributed by atoms with E-state index in [1.165, 1.54) is 0 Å². The largest absolute Gasteiger partial charge is 0.330 e. The van der Waals surface area contributed by atoms with Crippen LogP contribution in [0, 0.1) is 0 Å². The summed E-state index contributed by atoms with van der Waals surface area (Å²) < 4.78 is 0. The molecule has 0 aromatic heterocycles. The summed E-state index contributed by atoms with van der Waals surface area (Å²) in [5, 5.41) is 0. The van der Waals surface area contributed by atoms with Crippen LogP contribution in [0.15, 0.2) is 30.3 Å². The van der Waals surface area contributed by atoms with Crippen molar-refractivity contribution in [1.29, 1.82) is 0 Å². The van der Waals surface area contributed by atoms with Crippen LogP contribution in [0.2, 0.25) is 0 Å². The average Bonchev–Trinajstić information content (AvgIpc) is 2.80. The molecule has 2 heterocycles. The van der Waals surface area contributed by atoms with E-state index >= 15 is 0 Å². The number of Topliss-reactive ketones (excluding diaryl/α,β-unsaturated/α-hetero) is 1. The van der Waals surface area contributed by atoms with Gasteiger partial charge in [-0.2, -0.15) is 0 Å². The Hall–Kier alpha value is -1.64. The minimum Gasteiger partial charge on any atom is -0.330 e. The van der Waals surface area contributed by atoms with Crippen LogP contribution in [0.25, 0.3) is 0 Å². The van der Waals surface area contributed by atoms with Crippen molar-refractivity contribution < 1.29 is 9.59 Å². The lowest BCUT2D eigenvalue weighted by Gasteiger charge is -2.36. The van der Waals surface area contributed by atoms with Gasteiger partial charge in [-0.25, -0.2) is 0 Å². The minimum atomic E-state index is -0.547. The zero-order chi connectivity index (χ0) is 13.3. The molecule has 3 nitrogen and oxygen atoms in total. The van der Waals surface area contributed by atoms with Gasteiger partial charge in [0, 0.05) is 25.8 Å². The van der Waals surface area contributed by atoms with Crippen LogP contribution in [-0.4, -0.2) is 28.7 Å². The number of ketones is 1. The number of carbonyl (C=O) groups is 2. The summed E-state index contributed by atoms with van der Waals surface area (Å²) in [5.74, 6) is 0.430. The summed E-state index contributed by atoms with van der Waals surface area (Å²) in [6.45, 7) is 0.747. The van der Waals surface area contributed by atoms with Gasteiger partial charge in [0.05, 0.1) is 0 Å². The van der Waals surface area contributed by atoms with Crippen LogP contribution in [0.1, 0.15) is 37.7 Å². The summed E-state index contributed by atoms with van der Waals surface area (Å²) in [7, 11) is 0. The molecule has 0 N–H and O–H groups in total. The fourth-order valence-electron chi connectivity index (χ4n) is 3.52. The molecule has 2 aliphatic heterocycles. The highest BCUT2D eigenvalue weighted by molar-refractivity contribution is 5.95. The number of fused-ring (bicyclic) bond motifs is 1. The predicted molar refractivity (Wildman–Crippen MR) is 72.7 cm³/mol. The zero-order valence-electron chi connectivity index (χ0n) is 11.1. The molecule has 2 fully saturated rings. The van der Waals surface area contributed by atoms with Gasteiger partial charge in [0.15, 0.2) is 5.78 Å². The Kier molecular flexibility index (Phi) is 3.13. The van der Waals surface area contributed by atoms with E-state index in [1.807, 2.05) is 35.2 Å². The van der Waals surface area contributed by atoms with Crippen LogP contribution in [0.5, 0.6) is 0 Å². The molecular formula is C16H19NO2. The van der Waals surface area contributed by atoms with Crippen molar-refractivity contribution in [2.75, 3.05) is 6.54 Å². The number of amides is 1. The molecule has 1 aromatic rings. The van der Waals surface area contributed by atoms with Crippen molar-refractivity contribution in [2.45, 2.75) is 44.1 Å². The Bertz CT molecular complexity index is 497. The Morgan fingerprint density at radius 1 is 1.05 bits per heavy atom. The Morgan fingerprint density at radius 3 is 2.63 bits per heavy atom. The maximum absolute atomic E-state index is 12.6. The summed E-state index contributed by atoms with van der Waals surface area (Å²) in [6, 6.07) is 10.1. The quantitative estimate of drug-likeness (QED) is 0.815. The SMILES string of the molecule is O=C1CCCC(=O)C2(Cc3ccccc3)CCCN12. The van der Waals surface area contributed by atoms with Gasteiger partial charge in [-0.3, -0.25) is 9.59 Å². The molecule has 1 atom stereocenters. The first-order valence-electron chi connectivity index (χ1n) is 7.10. The van der Waals surface area contributed by atoms with Crippen molar-refractivity contribution in [1.82, 2.24) is 4.90 Å². The molecule has 1 amide bonds. The number of nitrogens with zero attached hydrogens (tertiary/aromatic N) is 1. The van der Waals surface area contributed by atoms with E-state index in [0.717, 1.165) is 24.9 Å².